The standard InChI is InChI=1S/C22H29NO3/c1-3-10-18(24)19-20(23-21(25)26-4-2)17-12-7-6-11-16(17)15-22(19)13-8-5-9-14-22/h6-7,11-12H,3-5,8-10,13-15H2,1-2H3,(H,23,25). The Hall–Kier alpha value is -2.10. The van der Waals surface area contributed by atoms with E-state index in [0.717, 1.165) is 49.7 Å². The first-order valence-electron chi connectivity index (χ1n) is 9.91. The fraction of sp³-hybridized carbons (Fsp3) is 0.545. The van der Waals surface area contributed by atoms with Gasteiger partial charge in [0.1, 0.15) is 0 Å². The molecule has 0 aliphatic heterocycles. The van der Waals surface area contributed by atoms with Gasteiger partial charge in [-0.25, -0.2) is 4.79 Å². The van der Waals surface area contributed by atoms with Gasteiger partial charge in [0.25, 0.3) is 0 Å². The van der Waals surface area contributed by atoms with Crippen LogP contribution in [0.5, 0.6) is 0 Å². The monoisotopic (exact) mass is 355 g/mol. The first kappa shape index (κ1) is 18.7. The largest absolute Gasteiger partial charge is 0.450 e. The van der Waals surface area contributed by atoms with Gasteiger partial charge in [0.2, 0.25) is 0 Å². The van der Waals surface area contributed by atoms with Gasteiger partial charge in [-0.3, -0.25) is 10.1 Å². The third-order valence-corrected chi connectivity index (χ3v) is 5.66. The highest BCUT2D eigenvalue weighted by Crippen LogP contribution is 2.51. The number of hydrogen-bond donors (Lipinski definition) is 1. The van der Waals surface area contributed by atoms with Crippen LogP contribution in [-0.2, 0) is 16.0 Å². The molecule has 0 saturated heterocycles. The number of ketones is 1. The van der Waals surface area contributed by atoms with E-state index >= 15 is 0 Å². The second-order valence-corrected chi connectivity index (χ2v) is 7.44. The first-order valence-corrected chi connectivity index (χ1v) is 9.91. The van der Waals surface area contributed by atoms with Crippen LogP contribution in [0, 0.1) is 5.41 Å². The van der Waals surface area contributed by atoms with E-state index in [4.69, 9.17) is 4.74 Å². The summed E-state index contributed by atoms with van der Waals surface area (Å²) in [6.07, 6.45) is 7.27. The maximum absolute atomic E-state index is 13.2. The Kier molecular flexibility index (Phi) is 5.80. The molecule has 1 spiro atoms. The van der Waals surface area contributed by atoms with E-state index in [1.807, 2.05) is 25.1 Å². The lowest BCUT2D eigenvalue weighted by Crippen LogP contribution is -2.40. The summed E-state index contributed by atoms with van der Waals surface area (Å²) in [5.41, 5.74) is 3.56. The predicted octanol–water partition coefficient (Wildman–Crippen LogP) is 5.02. The normalized spacial score (nSPS) is 18.4. The summed E-state index contributed by atoms with van der Waals surface area (Å²) in [5, 5.41) is 2.93. The number of fused-ring (bicyclic) bond motifs is 1. The molecule has 1 saturated carbocycles. The molecule has 1 fully saturated rings. The maximum atomic E-state index is 13.2. The quantitative estimate of drug-likeness (QED) is 0.807. The Balaban J connectivity index is 2.15. The van der Waals surface area contributed by atoms with E-state index < -0.39 is 6.09 Å². The van der Waals surface area contributed by atoms with Gasteiger partial charge in [0, 0.05) is 23.0 Å². The minimum atomic E-state index is -0.480. The van der Waals surface area contributed by atoms with Gasteiger partial charge < -0.3 is 4.74 Å². The number of nitrogens with one attached hydrogen (secondary N) is 1. The van der Waals surface area contributed by atoms with Crippen molar-refractivity contribution in [2.75, 3.05) is 6.61 Å². The van der Waals surface area contributed by atoms with Crippen molar-refractivity contribution in [3.05, 3.63) is 41.0 Å². The van der Waals surface area contributed by atoms with Crippen LogP contribution in [0.4, 0.5) is 4.79 Å². The number of allylic oxidation sites excluding steroid dienone is 1. The van der Waals surface area contributed by atoms with Crippen LogP contribution < -0.4 is 5.32 Å². The highest BCUT2D eigenvalue weighted by Gasteiger charge is 2.44. The zero-order chi connectivity index (χ0) is 18.6. The second-order valence-electron chi connectivity index (χ2n) is 7.44. The average molecular weight is 355 g/mol. The molecule has 1 N–H and O–H groups in total. The molecule has 140 valence electrons. The van der Waals surface area contributed by atoms with Crippen LogP contribution in [0.25, 0.3) is 5.70 Å². The SMILES string of the molecule is CCCC(=O)C1=C(NC(=O)OCC)c2ccccc2CC12CCCCC2. The topological polar surface area (TPSA) is 55.4 Å². The number of carbonyl (C=O) groups is 2. The summed E-state index contributed by atoms with van der Waals surface area (Å²) in [5.74, 6) is 0.177. The summed E-state index contributed by atoms with van der Waals surface area (Å²) >= 11 is 0. The Bertz CT molecular complexity index is 714. The summed E-state index contributed by atoms with van der Waals surface area (Å²) in [4.78, 5) is 25.4. The Morgan fingerprint density at radius 2 is 1.85 bits per heavy atom. The highest BCUT2D eigenvalue weighted by atomic mass is 16.5. The number of amides is 1. The molecule has 3 rings (SSSR count). The molecule has 0 radical (unpaired) electrons. The number of rotatable bonds is 5. The molecular weight excluding hydrogens is 326 g/mol. The number of Topliss-reactive ketones (excluding diaryl/α,β-unsaturated/α-hetero) is 1. The Labute approximate surface area is 156 Å². The third-order valence-electron chi connectivity index (χ3n) is 5.66. The minimum Gasteiger partial charge on any atom is -0.450 e. The maximum Gasteiger partial charge on any atom is 0.411 e. The molecule has 0 heterocycles. The van der Waals surface area contributed by atoms with Gasteiger partial charge in [-0.2, -0.15) is 0 Å². The van der Waals surface area contributed by atoms with Crippen molar-refractivity contribution >= 4 is 17.6 Å². The van der Waals surface area contributed by atoms with Crippen LogP contribution in [-0.4, -0.2) is 18.5 Å². The minimum absolute atomic E-state index is 0.145. The van der Waals surface area contributed by atoms with Crippen molar-refractivity contribution < 1.29 is 14.3 Å². The number of hydrogen-bond acceptors (Lipinski definition) is 3. The van der Waals surface area contributed by atoms with Crippen LogP contribution in [0.1, 0.15) is 69.9 Å². The molecule has 0 bridgehead atoms. The fourth-order valence-corrected chi connectivity index (χ4v) is 4.61. The number of carbonyl (C=O) groups excluding carboxylic acids is 2. The predicted molar refractivity (Wildman–Crippen MR) is 103 cm³/mol. The molecule has 1 aromatic carbocycles. The van der Waals surface area contributed by atoms with Gasteiger partial charge >= 0.3 is 6.09 Å². The van der Waals surface area contributed by atoms with Crippen molar-refractivity contribution in [3.63, 3.8) is 0 Å². The second kappa shape index (κ2) is 8.07. The molecule has 0 aromatic heterocycles. The zero-order valence-electron chi connectivity index (χ0n) is 15.9. The van der Waals surface area contributed by atoms with Crippen molar-refractivity contribution in [2.45, 2.75) is 65.2 Å². The van der Waals surface area contributed by atoms with E-state index in [1.165, 1.54) is 12.0 Å². The Morgan fingerprint density at radius 3 is 2.54 bits per heavy atom. The summed E-state index contributed by atoms with van der Waals surface area (Å²) in [6.45, 7) is 4.12. The molecule has 4 heteroatoms. The van der Waals surface area contributed by atoms with E-state index in [1.54, 1.807) is 6.92 Å². The van der Waals surface area contributed by atoms with Gasteiger partial charge in [-0.15, -0.1) is 0 Å². The molecule has 1 aromatic rings. The highest BCUT2D eigenvalue weighted by molar-refractivity contribution is 6.06. The summed E-state index contributed by atoms with van der Waals surface area (Å²) < 4.78 is 5.13. The average Bonchev–Trinajstić information content (AvgIpc) is 2.62. The summed E-state index contributed by atoms with van der Waals surface area (Å²) in [6, 6.07) is 8.13. The molecule has 2 aliphatic carbocycles. The lowest BCUT2D eigenvalue weighted by molar-refractivity contribution is -0.117. The van der Waals surface area contributed by atoms with E-state index in [2.05, 4.69) is 11.4 Å². The molecule has 2 aliphatic rings. The van der Waals surface area contributed by atoms with Crippen LogP contribution in [0.3, 0.4) is 0 Å². The Morgan fingerprint density at radius 1 is 1.12 bits per heavy atom. The smallest absolute Gasteiger partial charge is 0.411 e. The molecule has 26 heavy (non-hydrogen) atoms. The fourth-order valence-electron chi connectivity index (χ4n) is 4.61. The third kappa shape index (κ3) is 3.55. The summed E-state index contributed by atoms with van der Waals surface area (Å²) in [7, 11) is 0. The van der Waals surface area contributed by atoms with Gasteiger partial charge in [0.15, 0.2) is 5.78 Å². The zero-order valence-corrected chi connectivity index (χ0v) is 15.9. The van der Waals surface area contributed by atoms with Crippen molar-refractivity contribution in [1.82, 2.24) is 5.32 Å². The van der Waals surface area contributed by atoms with Gasteiger partial charge in [0.05, 0.1) is 12.3 Å². The van der Waals surface area contributed by atoms with Crippen molar-refractivity contribution in [3.8, 4) is 0 Å². The number of alkyl carbamates (subject to hydrolysis) is 1. The van der Waals surface area contributed by atoms with E-state index in [0.29, 0.717) is 18.7 Å². The lowest BCUT2D eigenvalue weighted by Gasteiger charge is -2.43. The lowest BCUT2D eigenvalue weighted by atomic mass is 9.60. The van der Waals surface area contributed by atoms with Crippen molar-refractivity contribution in [1.29, 1.82) is 0 Å². The number of benzene rings is 1. The molecule has 0 unspecified atom stereocenters. The van der Waals surface area contributed by atoms with Gasteiger partial charge in [-0.05, 0) is 38.2 Å². The van der Waals surface area contributed by atoms with Crippen molar-refractivity contribution in [2.24, 2.45) is 5.41 Å². The van der Waals surface area contributed by atoms with Crippen LogP contribution in [0.15, 0.2) is 29.8 Å². The van der Waals surface area contributed by atoms with Crippen LogP contribution >= 0.6 is 0 Å². The first-order chi connectivity index (χ1) is 12.6. The molecule has 4 nitrogen and oxygen atoms in total. The van der Waals surface area contributed by atoms with Crippen LogP contribution in [0.2, 0.25) is 0 Å². The molecular formula is C22H29NO3. The van der Waals surface area contributed by atoms with E-state index in [9.17, 15) is 9.59 Å². The van der Waals surface area contributed by atoms with E-state index in [-0.39, 0.29) is 11.2 Å². The van der Waals surface area contributed by atoms with Gasteiger partial charge in [-0.1, -0.05) is 50.5 Å². The molecule has 0 atom stereocenters. The number of ether oxygens (including phenoxy) is 1. The molecule has 1 amide bonds.